The summed E-state index contributed by atoms with van der Waals surface area (Å²) < 4.78 is 41.0. The van der Waals surface area contributed by atoms with E-state index in [1.54, 1.807) is 4.90 Å². The van der Waals surface area contributed by atoms with Gasteiger partial charge in [0.1, 0.15) is 0 Å². The van der Waals surface area contributed by atoms with Gasteiger partial charge < -0.3 is 4.90 Å². The van der Waals surface area contributed by atoms with Gasteiger partial charge in [-0.1, -0.05) is 42.5 Å². The molecule has 0 spiro atoms. The fourth-order valence-corrected chi connectivity index (χ4v) is 4.64. The molecule has 158 valence electrons. The Morgan fingerprint density at radius 1 is 1.00 bits per heavy atom. The zero-order chi connectivity index (χ0) is 21.1. The van der Waals surface area contributed by atoms with Gasteiger partial charge >= 0.3 is 0 Å². The summed E-state index contributed by atoms with van der Waals surface area (Å²) in [5.74, 6) is -4.51. The molecule has 0 N–H and O–H groups in total. The molecule has 2 aliphatic rings. The minimum Gasteiger partial charge on any atom is -0.335 e. The topological polar surface area (TPSA) is 23.6 Å². The number of hydrogen-bond donors (Lipinski definition) is 0. The number of hydrogen-bond acceptors (Lipinski definition) is 2. The monoisotopic (exact) mass is 414 g/mol. The van der Waals surface area contributed by atoms with Gasteiger partial charge in [0, 0.05) is 32.2 Å². The molecule has 0 aromatic heterocycles. The van der Waals surface area contributed by atoms with Crippen molar-refractivity contribution in [3.8, 4) is 0 Å². The molecule has 30 heavy (non-hydrogen) atoms. The average Bonchev–Trinajstić information content (AvgIpc) is 2.77. The zero-order valence-corrected chi connectivity index (χ0v) is 16.7. The molecule has 2 atom stereocenters. The van der Waals surface area contributed by atoms with Crippen LogP contribution in [0.3, 0.4) is 0 Å². The summed E-state index contributed by atoms with van der Waals surface area (Å²) >= 11 is 0. The van der Waals surface area contributed by atoms with Crippen molar-refractivity contribution in [3.63, 3.8) is 0 Å². The van der Waals surface area contributed by atoms with Crippen molar-refractivity contribution in [2.45, 2.75) is 25.3 Å². The quantitative estimate of drug-likeness (QED) is 0.675. The molecule has 2 aromatic rings. The molecule has 2 fully saturated rings. The maximum atomic E-state index is 14.2. The van der Waals surface area contributed by atoms with Gasteiger partial charge in [0.05, 0.1) is 5.56 Å². The second-order valence-electron chi connectivity index (χ2n) is 8.05. The van der Waals surface area contributed by atoms with Crippen LogP contribution in [0.1, 0.15) is 35.2 Å². The van der Waals surface area contributed by atoms with E-state index < -0.39 is 23.4 Å². The molecule has 0 bridgehead atoms. The first kappa shape index (κ1) is 20.7. The number of likely N-dealkylation sites (tertiary alicyclic amines) is 2. The maximum absolute atomic E-state index is 14.2. The van der Waals surface area contributed by atoms with Crippen LogP contribution in [0.25, 0.3) is 6.08 Å². The lowest BCUT2D eigenvalue weighted by Gasteiger charge is -2.47. The maximum Gasteiger partial charge on any atom is 0.257 e. The third-order valence-corrected chi connectivity index (χ3v) is 6.15. The van der Waals surface area contributed by atoms with Crippen molar-refractivity contribution in [1.82, 2.24) is 9.80 Å². The second kappa shape index (κ2) is 9.04. The zero-order valence-electron chi connectivity index (χ0n) is 16.7. The highest BCUT2D eigenvalue weighted by atomic mass is 19.2. The van der Waals surface area contributed by atoms with E-state index in [0.29, 0.717) is 12.5 Å². The Balaban J connectivity index is 1.41. The van der Waals surface area contributed by atoms with Crippen LogP contribution in [0, 0.1) is 23.4 Å². The van der Waals surface area contributed by atoms with E-state index in [1.165, 1.54) is 0 Å². The summed E-state index contributed by atoms with van der Waals surface area (Å²) in [6, 6.07) is 12.0. The number of amides is 1. The van der Waals surface area contributed by atoms with Crippen molar-refractivity contribution in [3.05, 3.63) is 77.1 Å². The molecular formula is C24H25F3N2O. The highest BCUT2D eigenvalue weighted by Gasteiger charge is 2.39. The van der Waals surface area contributed by atoms with Gasteiger partial charge in [-0.15, -0.1) is 0 Å². The molecule has 0 radical (unpaired) electrons. The lowest BCUT2D eigenvalue weighted by atomic mass is 9.83. The Morgan fingerprint density at radius 2 is 1.80 bits per heavy atom. The van der Waals surface area contributed by atoms with E-state index in [2.05, 4.69) is 29.2 Å². The van der Waals surface area contributed by atoms with Gasteiger partial charge in [0.15, 0.2) is 17.5 Å². The fourth-order valence-electron chi connectivity index (χ4n) is 4.64. The Kier molecular flexibility index (Phi) is 6.23. The van der Waals surface area contributed by atoms with Crippen molar-refractivity contribution in [2.75, 3.05) is 26.2 Å². The number of carbonyl (C=O) groups excluding carboxylic acids is 1. The minimum atomic E-state index is -1.59. The number of benzene rings is 2. The van der Waals surface area contributed by atoms with Crippen LogP contribution >= 0.6 is 0 Å². The van der Waals surface area contributed by atoms with E-state index in [4.69, 9.17) is 0 Å². The molecule has 6 heteroatoms. The first-order chi connectivity index (χ1) is 14.5. The summed E-state index contributed by atoms with van der Waals surface area (Å²) in [6.45, 7) is 3.06. The molecule has 0 unspecified atom stereocenters. The van der Waals surface area contributed by atoms with Crippen LogP contribution < -0.4 is 0 Å². The number of piperidine rings is 2. The first-order valence-electron chi connectivity index (χ1n) is 10.4. The van der Waals surface area contributed by atoms with Gasteiger partial charge in [0.2, 0.25) is 0 Å². The Hall–Kier alpha value is -2.60. The normalized spacial score (nSPS) is 22.3. The average molecular weight is 414 g/mol. The number of rotatable bonds is 4. The van der Waals surface area contributed by atoms with Gasteiger partial charge in [-0.3, -0.25) is 9.69 Å². The van der Waals surface area contributed by atoms with Crippen LogP contribution in [-0.2, 0) is 0 Å². The van der Waals surface area contributed by atoms with Gasteiger partial charge in [-0.05, 0) is 42.9 Å². The number of halogens is 3. The van der Waals surface area contributed by atoms with Crippen molar-refractivity contribution >= 4 is 12.0 Å². The molecule has 2 saturated heterocycles. The number of carbonyl (C=O) groups is 1. The summed E-state index contributed by atoms with van der Waals surface area (Å²) in [4.78, 5) is 17.0. The lowest BCUT2D eigenvalue weighted by molar-refractivity contribution is 0.0222. The highest BCUT2D eigenvalue weighted by molar-refractivity contribution is 5.94. The predicted molar refractivity (Wildman–Crippen MR) is 110 cm³/mol. The van der Waals surface area contributed by atoms with Crippen molar-refractivity contribution < 1.29 is 18.0 Å². The minimum absolute atomic E-state index is 0.00752. The Labute approximate surface area is 174 Å². The Bertz CT molecular complexity index is 932. The standard InChI is InChI=1S/C24H25F3N2O/c25-20-11-10-19(22(26)23(20)27)24(30)29-14-5-9-18-16-28(15-12-21(18)29)13-4-8-17-6-2-1-3-7-17/h1-4,6-8,10-11,18,21H,5,9,12-16H2/t18-,21-/m1/s1. The smallest absolute Gasteiger partial charge is 0.257 e. The third kappa shape index (κ3) is 4.29. The van der Waals surface area contributed by atoms with E-state index >= 15 is 0 Å². The largest absolute Gasteiger partial charge is 0.335 e. The second-order valence-corrected chi connectivity index (χ2v) is 8.05. The van der Waals surface area contributed by atoms with Crippen molar-refractivity contribution in [1.29, 1.82) is 0 Å². The molecule has 0 aliphatic carbocycles. The fraction of sp³-hybridized carbons (Fsp3) is 0.375. The highest BCUT2D eigenvalue weighted by Crippen LogP contribution is 2.32. The summed E-state index contributed by atoms with van der Waals surface area (Å²) in [6.07, 6.45) is 6.88. The van der Waals surface area contributed by atoms with Gasteiger partial charge in [0.25, 0.3) is 5.91 Å². The van der Waals surface area contributed by atoms with E-state index in [0.717, 1.165) is 56.6 Å². The predicted octanol–water partition coefficient (Wildman–Crippen LogP) is 4.74. The van der Waals surface area contributed by atoms with Crippen molar-refractivity contribution in [2.24, 2.45) is 5.92 Å². The molecule has 4 rings (SSSR count). The molecule has 0 saturated carbocycles. The van der Waals surface area contributed by atoms with Gasteiger partial charge in [-0.2, -0.15) is 0 Å². The van der Waals surface area contributed by atoms with Crippen LogP contribution in [0.5, 0.6) is 0 Å². The van der Waals surface area contributed by atoms with Crippen LogP contribution in [0.4, 0.5) is 13.2 Å². The Morgan fingerprint density at radius 3 is 2.60 bits per heavy atom. The van der Waals surface area contributed by atoms with E-state index in [-0.39, 0.29) is 11.6 Å². The van der Waals surface area contributed by atoms with Gasteiger partial charge in [-0.25, -0.2) is 13.2 Å². The number of fused-ring (bicyclic) bond motifs is 1. The summed E-state index contributed by atoms with van der Waals surface area (Å²) in [5, 5.41) is 0. The molecule has 3 nitrogen and oxygen atoms in total. The number of nitrogens with zero attached hydrogens (tertiary/aromatic N) is 2. The SMILES string of the molecule is O=C(c1ccc(F)c(F)c1F)N1CCC[C@@H]2CN(CC=Cc3ccccc3)CC[C@H]21. The third-order valence-electron chi connectivity index (χ3n) is 6.15. The summed E-state index contributed by atoms with van der Waals surface area (Å²) in [7, 11) is 0. The molecular weight excluding hydrogens is 389 g/mol. The first-order valence-corrected chi connectivity index (χ1v) is 10.4. The molecule has 2 heterocycles. The molecule has 2 aromatic carbocycles. The van der Waals surface area contributed by atoms with Crippen LogP contribution in [0.2, 0.25) is 0 Å². The summed E-state index contributed by atoms with van der Waals surface area (Å²) in [5.41, 5.74) is 0.776. The van der Waals surface area contributed by atoms with E-state index in [9.17, 15) is 18.0 Å². The molecule has 1 amide bonds. The van der Waals surface area contributed by atoms with Crippen LogP contribution in [-0.4, -0.2) is 47.9 Å². The van der Waals surface area contributed by atoms with Crippen LogP contribution in [0.15, 0.2) is 48.5 Å². The van der Waals surface area contributed by atoms with E-state index in [1.807, 2.05) is 18.2 Å². The molecule has 2 aliphatic heterocycles. The lowest BCUT2D eigenvalue weighted by Crippen LogP contribution is -2.55.